The van der Waals surface area contributed by atoms with E-state index in [0.717, 1.165) is 37.1 Å². The lowest BCUT2D eigenvalue weighted by Gasteiger charge is -2.27. The average molecular weight is 269 g/mol. The van der Waals surface area contributed by atoms with Crippen molar-refractivity contribution in [3.8, 4) is 0 Å². The predicted molar refractivity (Wildman–Crippen MR) is 75.9 cm³/mol. The SMILES string of the molecule is CC(C)[C@@]1(C)SC(CC2CCC(O)CC2)=NC1=O. The lowest BCUT2D eigenvalue weighted by atomic mass is 9.86. The van der Waals surface area contributed by atoms with Crippen LogP contribution in [0.3, 0.4) is 0 Å². The van der Waals surface area contributed by atoms with Crippen molar-refractivity contribution in [2.24, 2.45) is 16.8 Å². The standard InChI is InChI=1S/C14H23NO2S/c1-9(2)14(3)13(17)15-12(18-14)8-10-4-6-11(16)7-5-10/h9-11,16H,4-8H2,1-3H3/t10?,11?,14-/m1/s1. The number of nitrogens with zero attached hydrogens (tertiary/aromatic N) is 1. The van der Waals surface area contributed by atoms with Gasteiger partial charge in [-0.2, -0.15) is 0 Å². The van der Waals surface area contributed by atoms with Gasteiger partial charge in [-0.15, -0.1) is 0 Å². The van der Waals surface area contributed by atoms with Crippen LogP contribution in [0.15, 0.2) is 4.99 Å². The molecular formula is C14H23NO2S. The molecule has 1 fully saturated rings. The smallest absolute Gasteiger partial charge is 0.263 e. The maximum atomic E-state index is 12.0. The Balaban J connectivity index is 1.92. The van der Waals surface area contributed by atoms with Crippen LogP contribution in [0.2, 0.25) is 0 Å². The third-order valence-corrected chi connectivity index (χ3v) is 5.93. The second-order valence-corrected chi connectivity index (χ2v) is 7.58. The monoisotopic (exact) mass is 269 g/mol. The fraction of sp³-hybridized carbons (Fsp3) is 0.857. The lowest BCUT2D eigenvalue weighted by molar-refractivity contribution is -0.120. The molecule has 0 spiro atoms. The summed E-state index contributed by atoms with van der Waals surface area (Å²) in [5.74, 6) is 0.944. The molecule has 1 N–H and O–H groups in total. The van der Waals surface area contributed by atoms with Crippen LogP contribution in [0.4, 0.5) is 0 Å². The van der Waals surface area contributed by atoms with Gasteiger partial charge in [0.05, 0.1) is 11.1 Å². The number of carbonyl (C=O) groups is 1. The van der Waals surface area contributed by atoms with Gasteiger partial charge < -0.3 is 5.11 Å². The molecule has 1 heterocycles. The molecule has 3 nitrogen and oxygen atoms in total. The molecular weight excluding hydrogens is 246 g/mol. The van der Waals surface area contributed by atoms with Crippen molar-refractivity contribution >= 4 is 22.7 Å². The third-order valence-electron chi connectivity index (χ3n) is 4.36. The summed E-state index contributed by atoms with van der Waals surface area (Å²) in [7, 11) is 0. The van der Waals surface area contributed by atoms with Gasteiger partial charge in [-0.1, -0.05) is 25.6 Å². The number of hydrogen-bond acceptors (Lipinski definition) is 3. The molecule has 1 saturated carbocycles. The van der Waals surface area contributed by atoms with E-state index in [-0.39, 0.29) is 16.8 Å². The molecule has 1 aliphatic heterocycles. The molecule has 102 valence electrons. The van der Waals surface area contributed by atoms with Crippen LogP contribution in [0, 0.1) is 11.8 Å². The second-order valence-electron chi connectivity index (χ2n) is 6.05. The molecule has 0 radical (unpaired) electrons. The molecule has 18 heavy (non-hydrogen) atoms. The first-order valence-electron chi connectivity index (χ1n) is 6.91. The summed E-state index contributed by atoms with van der Waals surface area (Å²) in [5.41, 5.74) is 0. The van der Waals surface area contributed by atoms with E-state index in [0.29, 0.717) is 11.8 Å². The maximum absolute atomic E-state index is 12.0. The summed E-state index contributed by atoms with van der Waals surface area (Å²) in [6, 6.07) is 0. The summed E-state index contributed by atoms with van der Waals surface area (Å²) in [6.07, 6.45) is 4.74. The third kappa shape index (κ3) is 2.80. The van der Waals surface area contributed by atoms with Crippen molar-refractivity contribution < 1.29 is 9.90 Å². The van der Waals surface area contributed by atoms with E-state index in [9.17, 15) is 9.90 Å². The molecule has 2 aliphatic rings. The molecule has 0 saturated heterocycles. The van der Waals surface area contributed by atoms with Crippen LogP contribution < -0.4 is 0 Å². The van der Waals surface area contributed by atoms with Crippen LogP contribution in [0.25, 0.3) is 0 Å². The van der Waals surface area contributed by atoms with E-state index in [1.807, 2.05) is 6.92 Å². The molecule has 0 aromatic carbocycles. The van der Waals surface area contributed by atoms with Gasteiger partial charge >= 0.3 is 0 Å². The van der Waals surface area contributed by atoms with Gasteiger partial charge in [-0.25, -0.2) is 4.99 Å². The summed E-state index contributed by atoms with van der Waals surface area (Å²) in [5, 5.41) is 10.5. The Kier molecular flexibility index (Phi) is 4.17. The number of carbonyl (C=O) groups excluding carboxylic acids is 1. The Morgan fingerprint density at radius 2 is 2.00 bits per heavy atom. The van der Waals surface area contributed by atoms with Crippen molar-refractivity contribution in [1.29, 1.82) is 0 Å². The second kappa shape index (κ2) is 5.33. The Morgan fingerprint density at radius 1 is 1.39 bits per heavy atom. The van der Waals surface area contributed by atoms with Crippen molar-refractivity contribution in [3.63, 3.8) is 0 Å². The predicted octanol–water partition coefficient (Wildman–Crippen LogP) is 3.01. The van der Waals surface area contributed by atoms with Gasteiger partial charge in [0.2, 0.25) is 0 Å². The Hall–Kier alpha value is -0.350. The normalized spacial score (nSPS) is 37.2. The first-order valence-corrected chi connectivity index (χ1v) is 7.72. The van der Waals surface area contributed by atoms with Crippen molar-refractivity contribution in [1.82, 2.24) is 0 Å². The van der Waals surface area contributed by atoms with Gasteiger partial charge in [-0.3, -0.25) is 4.79 Å². The highest BCUT2D eigenvalue weighted by Crippen LogP contribution is 2.42. The molecule has 1 aliphatic carbocycles. The zero-order valence-electron chi connectivity index (χ0n) is 11.5. The van der Waals surface area contributed by atoms with Crippen LogP contribution in [0.5, 0.6) is 0 Å². The zero-order chi connectivity index (χ0) is 13.3. The zero-order valence-corrected chi connectivity index (χ0v) is 12.3. The van der Waals surface area contributed by atoms with Gasteiger partial charge in [0.1, 0.15) is 4.75 Å². The summed E-state index contributed by atoms with van der Waals surface area (Å²) < 4.78 is -0.358. The van der Waals surface area contributed by atoms with Crippen LogP contribution in [-0.4, -0.2) is 26.9 Å². The Morgan fingerprint density at radius 3 is 2.50 bits per heavy atom. The molecule has 0 aromatic heterocycles. The molecule has 4 heteroatoms. The van der Waals surface area contributed by atoms with Crippen molar-refractivity contribution in [2.75, 3.05) is 0 Å². The lowest BCUT2D eigenvalue weighted by Crippen LogP contribution is -2.33. The first kappa shape index (κ1) is 14.1. The van der Waals surface area contributed by atoms with E-state index >= 15 is 0 Å². The van der Waals surface area contributed by atoms with Crippen LogP contribution >= 0.6 is 11.8 Å². The fourth-order valence-electron chi connectivity index (χ4n) is 2.58. The van der Waals surface area contributed by atoms with E-state index < -0.39 is 0 Å². The summed E-state index contributed by atoms with van der Waals surface area (Å²) >= 11 is 1.66. The highest BCUT2D eigenvalue weighted by molar-refractivity contribution is 8.16. The molecule has 0 unspecified atom stereocenters. The number of rotatable bonds is 3. The Labute approximate surface area is 113 Å². The highest BCUT2D eigenvalue weighted by Gasteiger charge is 2.43. The van der Waals surface area contributed by atoms with E-state index in [4.69, 9.17) is 0 Å². The van der Waals surface area contributed by atoms with E-state index in [2.05, 4.69) is 18.8 Å². The Bertz CT molecular complexity index is 359. The van der Waals surface area contributed by atoms with Crippen LogP contribution in [0.1, 0.15) is 52.9 Å². The number of aliphatic imine (C=N–C) groups is 1. The average Bonchev–Trinajstić information content (AvgIpc) is 2.59. The first-order chi connectivity index (χ1) is 8.41. The number of amides is 1. The molecule has 0 aromatic rings. The van der Waals surface area contributed by atoms with Gasteiger partial charge in [0.25, 0.3) is 5.91 Å². The minimum atomic E-state index is -0.358. The quantitative estimate of drug-likeness (QED) is 0.857. The van der Waals surface area contributed by atoms with E-state index in [1.54, 1.807) is 11.8 Å². The van der Waals surface area contributed by atoms with Gasteiger partial charge in [0, 0.05) is 0 Å². The highest BCUT2D eigenvalue weighted by atomic mass is 32.2. The van der Waals surface area contributed by atoms with Crippen molar-refractivity contribution in [2.45, 2.75) is 63.7 Å². The van der Waals surface area contributed by atoms with Crippen molar-refractivity contribution in [3.05, 3.63) is 0 Å². The van der Waals surface area contributed by atoms with E-state index in [1.165, 1.54) is 0 Å². The number of thioether (sulfide) groups is 1. The molecule has 1 amide bonds. The largest absolute Gasteiger partial charge is 0.393 e. The van der Waals surface area contributed by atoms with Gasteiger partial charge in [-0.05, 0) is 50.9 Å². The fourth-order valence-corrected chi connectivity index (χ4v) is 3.89. The topological polar surface area (TPSA) is 49.7 Å². The number of aliphatic hydroxyl groups excluding tert-OH is 1. The number of aliphatic hydroxyl groups is 1. The maximum Gasteiger partial charge on any atom is 0.263 e. The molecule has 0 bridgehead atoms. The summed E-state index contributed by atoms with van der Waals surface area (Å²) in [4.78, 5) is 16.2. The van der Waals surface area contributed by atoms with Gasteiger partial charge in [0.15, 0.2) is 0 Å². The summed E-state index contributed by atoms with van der Waals surface area (Å²) in [6.45, 7) is 6.17. The minimum Gasteiger partial charge on any atom is -0.393 e. The minimum absolute atomic E-state index is 0.0355. The molecule has 1 atom stereocenters. The number of hydrogen-bond donors (Lipinski definition) is 1. The van der Waals surface area contributed by atoms with Crippen LogP contribution in [-0.2, 0) is 4.79 Å². The molecule has 2 rings (SSSR count).